The van der Waals surface area contributed by atoms with Gasteiger partial charge in [0, 0.05) is 16.6 Å². The zero-order valence-corrected chi connectivity index (χ0v) is 13.4. The molecule has 0 saturated carbocycles. The molecule has 3 nitrogen and oxygen atoms in total. The van der Waals surface area contributed by atoms with Crippen LogP contribution < -0.4 is 4.31 Å². The van der Waals surface area contributed by atoms with E-state index in [4.69, 9.17) is 23.2 Å². The van der Waals surface area contributed by atoms with E-state index < -0.39 is 15.8 Å². The molecule has 0 aliphatic rings. The summed E-state index contributed by atoms with van der Waals surface area (Å²) in [7, 11) is -3.81. The van der Waals surface area contributed by atoms with Crippen molar-refractivity contribution in [1.82, 2.24) is 0 Å². The van der Waals surface area contributed by atoms with E-state index in [0.29, 0.717) is 15.7 Å². The molecule has 0 saturated heterocycles. The molecule has 0 amide bonds. The lowest BCUT2D eigenvalue weighted by Crippen LogP contribution is -2.30. The standard InChI is InChI=1S/C14H12Cl2FNO2S/c1-2-18(13-8-10(15)7-11(16)9-13)21(19,20)14-5-3-12(17)4-6-14/h3-9H,2H2,1H3. The van der Waals surface area contributed by atoms with Crippen LogP contribution in [-0.4, -0.2) is 15.0 Å². The third kappa shape index (κ3) is 3.48. The number of sulfonamides is 1. The minimum atomic E-state index is -3.81. The predicted octanol–water partition coefficient (Wildman–Crippen LogP) is 4.35. The van der Waals surface area contributed by atoms with Gasteiger partial charge in [0.25, 0.3) is 10.0 Å². The fourth-order valence-electron chi connectivity index (χ4n) is 1.91. The molecule has 0 N–H and O–H groups in total. The minimum Gasteiger partial charge on any atom is -0.267 e. The molecule has 0 bridgehead atoms. The third-order valence-corrected chi connectivity index (χ3v) is 5.18. The lowest BCUT2D eigenvalue weighted by Gasteiger charge is -2.23. The summed E-state index contributed by atoms with van der Waals surface area (Å²) in [5.41, 5.74) is 0.360. The molecule has 0 aromatic heterocycles. The van der Waals surface area contributed by atoms with Crippen LogP contribution >= 0.6 is 23.2 Å². The molecule has 21 heavy (non-hydrogen) atoms. The van der Waals surface area contributed by atoms with Crippen molar-refractivity contribution < 1.29 is 12.8 Å². The maximum atomic E-state index is 12.9. The molecule has 0 aliphatic heterocycles. The van der Waals surface area contributed by atoms with Gasteiger partial charge in [0.1, 0.15) is 5.82 Å². The molecule has 0 spiro atoms. The number of nitrogens with zero attached hydrogens (tertiary/aromatic N) is 1. The largest absolute Gasteiger partial charge is 0.267 e. The fraction of sp³-hybridized carbons (Fsp3) is 0.143. The molecule has 2 rings (SSSR count). The first-order valence-corrected chi connectivity index (χ1v) is 8.28. The van der Waals surface area contributed by atoms with Gasteiger partial charge in [-0.2, -0.15) is 0 Å². The van der Waals surface area contributed by atoms with E-state index in [-0.39, 0.29) is 11.4 Å². The first-order valence-electron chi connectivity index (χ1n) is 6.09. The second kappa shape index (κ2) is 6.22. The molecule has 0 atom stereocenters. The van der Waals surface area contributed by atoms with E-state index in [1.807, 2.05) is 0 Å². The summed E-state index contributed by atoms with van der Waals surface area (Å²) in [4.78, 5) is 0.00171. The Labute approximate surface area is 133 Å². The highest BCUT2D eigenvalue weighted by Gasteiger charge is 2.24. The highest BCUT2D eigenvalue weighted by Crippen LogP contribution is 2.29. The van der Waals surface area contributed by atoms with E-state index >= 15 is 0 Å². The van der Waals surface area contributed by atoms with Gasteiger partial charge in [-0.05, 0) is 49.4 Å². The van der Waals surface area contributed by atoms with E-state index in [1.165, 1.54) is 30.3 Å². The molecule has 7 heteroatoms. The molecule has 2 aromatic carbocycles. The van der Waals surface area contributed by atoms with E-state index in [9.17, 15) is 12.8 Å². The first kappa shape index (κ1) is 16.1. The van der Waals surface area contributed by atoms with Crippen LogP contribution in [-0.2, 0) is 10.0 Å². The van der Waals surface area contributed by atoms with Crippen molar-refractivity contribution in [1.29, 1.82) is 0 Å². The van der Waals surface area contributed by atoms with Gasteiger partial charge in [-0.15, -0.1) is 0 Å². The number of hydrogen-bond donors (Lipinski definition) is 0. The number of rotatable bonds is 4. The van der Waals surface area contributed by atoms with Crippen molar-refractivity contribution in [3.05, 3.63) is 58.3 Å². The minimum absolute atomic E-state index is 0.00171. The summed E-state index contributed by atoms with van der Waals surface area (Å²) >= 11 is 11.8. The molecule has 0 aliphatic carbocycles. The van der Waals surface area contributed by atoms with Crippen LogP contribution in [0.1, 0.15) is 6.92 Å². The van der Waals surface area contributed by atoms with Crippen LogP contribution in [0.15, 0.2) is 47.4 Å². The van der Waals surface area contributed by atoms with Gasteiger partial charge >= 0.3 is 0 Å². The number of anilines is 1. The molecule has 0 heterocycles. The van der Waals surface area contributed by atoms with Gasteiger partial charge in [0.05, 0.1) is 10.6 Å². The lowest BCUT2D eigenvalue weighted by molar-refractivity contribution is 0.590. The molecule has 2 aromatic rings. The second-order valence-electron chi connectivity index (χ2n) is 4.25. The molecule has 0 radical (unpaired) electrons. The maximum absolute atomic E-state index is 12.9. The van der Waals surface area contributed by atoms with E-state index in [2.05, 4.69) is 0 Å². The number of hydrogen-bond acceptors (Lipinski definition) is 2. The normalized spacial score (nSPS) is 11.4. The predicted molar refractivity (Wildman–Crippen MR) is 83.1 cm³/mol. The van der Waals surface area contributed by atoms with Crippen LogP contribution in [0.5, 0.6) is 0 Å². The molecular formula is C14H12Cl2FNO2S. The van der Waals surface area contributed by atoms with Crippen molar-refractivity contribution in [2.24, 2.45) is 0 Å². The van der Waals surface area contributed by atoms with Gasteiger partial charge in [-0.1, -0.05) is 23.2 Å². The Morgan fingerprint density at radius 3 is 2.05 bits per heavy atom. The summed E-state index contributed by atoms with van der Waals surface area (Å²) < 4.78 is 39.3. The fourth-order valence-corrected chi connectivity index (χ4v) is 3.88. The molecular weight excluding hydrogens is 336 g/mol. The zero-order chi connectivity index (χ0) is 15.6. The summed E-state index contributed by atoms with van der Waals surface area (Å²) in [6.07, 6.45) is 0. The number of benzene rings is 2. The maximum Gasteiger partial charge on any atom is 0.264 e. The topological polar surface area (TPSA) is 37.4 Å². The third-order valence-electron chi connectivity index (χ3n) is 2.82. The summed E-state index contributed by atoms with van der Waals surface area (Å²) in [5, 5.41) is 0.676. The van der Waals surface area contributed by atoms with Gasteiger partial charge in [0.2, 0.25) is 0 Å². The Kier molecular flexibility index (Phi) is 4.76. The van der Waals surface area contributed by atoms with Crippen LogP contribution in [0.3, 0.4) is 0 Å². The average molecular weight is 348 g/mol. The summed E-state index contributed by atoms with van der Waals surface area (Å²) in [5.74, 6) is -0.497. The summed E-state index contributed by atoms with van der Waals surface area (Å²) in [6.45, 7) is 1.88. The van der Waals surface area contributed by atoms with Crippen molar-refractivity contribution in [2.45, 2.75) is 11.8 Å². The average Bonchev–Trinajstić information content (AvgIpc) is 2.38. The SMILES string of the molecule is CCN(c1cc(Cl)cc(Cl)c1)S(=O)(=O)c1ccc(F)cc1. The van der Waals surface area contributed by atoms with Crippen LogP contribution in [0.2, 0.25) is 10.0 Å². The van der Waals surface area contributed by atoms with Crippen molar-refractivity contribution >= 4 is 38.9 Å². The summed E-state index contributed by atoms with van der Waals surface area (Å²) in [6, 6.07) is 9.19. The Morgan fingerprint density at radius 1 is 1.05 bits per heavy atom. The van der Waals surface area contributed by atoms with Gasteiger partial charge in [-0.25, -0.2) is 12.8 Å². The molecule has 112 valence electrons. The molecule has 0 fully saturated rings. The van der Waals surface area contributed by atoms with Crippen LogP contribution in [0.25, 0.3) is 0 Å². The highest BCUT2D eigenvalue weighted by atomic mass is 35.5. The van der Waals surface area contributed by atoms with Crippen molar-refractivity contribution in [3.8, 4) is 0 Å². The Hall–Kier alpha value is -1.30. The van der Waals surface area contributed by atoms with E-state index in [0.717, 1.165) is 16.4 Å². The monoisotopic (exact) mass is 347 g/mol. The zero-order valence-electron chi connectivity index (χ0n) is 11.1. The quantitative estimate of drug-likeness (QED) is 0.824. The van der Waals surface area contributed by atoms with E-state index in [1.54, 1.807) is 6.92 Å². The smallest absolute Gasteiger partial charge is 0.264 e. The first-order chi connectivity index (χ1) is 9.84. The highest BCUT2D eigenvalue weighted by molar-refractivity contribution is 7.92. The van der Waals surface area contributed by atoms with Crippen molar-refractivity contribution in [3.63, 3.8) is 0 Å². The van der Waals surface area contributed by atoms with Crippen LogP contribution in [0, 0.1) is 5.82 Å². The van der Waals surface area contributed by atoms with Crippen molar-refractivity contribution in [2.75, 3.05) is 10.8 Å². The number of halogens is 3. The lowest BCUT2D eigenvalue weighted by atomic mass is 10.3. The molecule has 0 unspecified atom stereocenters. The second-order valence-corrected chi connectivity index (χ2v) is 6.99. The Bertz CT molecular complexity index is 728. The van der Waals surface area contributed by atoms with Crippen LogP contribution in [0.4, 0.5) is 10.1 Å². The van der Waals surface area contributed by atoms with Gasteiger partial charge < -0.3 is 0 Å². The van der Waals surface area contributed by atoms with Gasteiger partial charge in [0.15, 0.2) is 0 Å². The Morgan fingerprint density at radius 2 is 1.57 bits per heavy atom. The Balaban J connectivity index is 2.51. The van der Waals surface area contributed by atoms with Gasteiger partial charge in [-0.3, -0.25) is 4.31 Å².